The van der Waals surface area contributed by atoms with E-state index in [4.69, 9.17) is 4.74 Å². The molecule has 19 heavy (non-hydrogen) atoms. The maximum atomic E-state index is 11.8. The fraction of sp³-hybridized carbons (Fsp3) is 0.231. The van der Waals surface area contributed by atoms with Gasteiger partial charge in [-0.3, -0.25) is 0 Å². The van der Waals surface area contributed by atoms with Crippen LogP contribution in [0.1, 0.15) is 0 Å². The molecule has 1 N–H and O–H groups in total. The molecule has 3 nitrogen and oxygen atoms in total. The van der Waals surface area contributed by atoms with E-state index in [0.29, 0.717) is 5.75 Å². The number of alkyl halides is 3. The molecule has 0 aliphatic heterocycles. The van der Waals surface area contributed by atoms with Gasteiger partial charge in [0, 0.05) is 0 Å². The molecule has 0 aliphatic carbocycles. The maximum absolute atomic E-state index is 11.8. The van der Waals surface area contributed by atoms with Gasteiger partial charge >= 0.3 is 6.18 Å². The largest absolute Gasteiger partial charge is 0.508 e. The topological polar surface area (TPSA) is 38.7 Å². The SMILES string of the molecule is Oc1ccc2ccc(OCOCC(F)(F)F)cc2c1. The first-order valence-electron chi connectivity index (χ1n) is 5.44. The molecule has 0 aromatic heterocycles. The summed E-state index contributed by atoms with van der Waals surface area (Å²) >= 11 is 0. The van der Waals surface area contributed by atoms with Gasteiger partial charge in [0.1, 0.15) is 18.1 Å². The van der Waals surface area contributed by atoms with Crippen LogP contribution in [0.25, 0.3) is 10.8 Å². The third kappa shape index (κ3) is 4.03. The highest BCUT2D eigenvalue weighted by molar-refractivity contribution is 5.85. The van der Waals surface area contributed by atoms with Gasteiger partial charge in [-0.15, -0.1) is 0 Å². The first-order valence-corrected chi connectivity index (χ1v) is 5.44. The van der Waals surface area contributed by atoms with Crippen molar-refractivity contribution in [1.82, 2.24) is 0 Å². The van der Waals surface area contributed by atoms with Crippen LogP contribution in [0.5, 0.6) is 11.5 Å². The van der Waals surface area contributed by atoms with Crippen molar-refractivity contribution in [3.63, 3.8) is 0 Å². The number of aromatic hydroxyl groups is 1. The number of halogens is 3. The van der Waals surface area contributed by atoms with Crippen LogP contribution in [-0.2, 0) is 4.74 Å². The van der Waals surface area contributed by atoms with Gasteiger partial charge < -0.3 is 14.6 Å². The molecule has 0 saturated carbocycles. The molecule has 2 aromatic carbocycles. The van der Waals surface area contributed by atoms with Gasteiger partial charge in [0.05, 0.1) is 0 Å². The fourth-order valence-corrected chi connectivity index (χ4v) is 1.57. The van der Waals surface area contributed by atoms with Gasteiger partial charge in [-0.2, -0.15) is 13.2 Å². The molecule has 0 fully saturated rings. The lowest BCUT2D eigenvalue weighted by atomic mass is 10.1. The molecule has 0 bridgehead atoms. The van der Waals surface area contributed by atoms with E-state index in [2.05, 4.69) is 4.74 Å². The highest BCUT2D eigenvalue weighted by Gasteiger charge is 2.27. The number of hydrogen-bond acceptors (Lipinski definition) is 3. The lowest BCUT2D eigenvalue weighted by Gasteiger charge is -2.10. The van der Waals surface area contributed by atoms with Crippen LogP contribution in [0.15, 0.2) is 36.4 Å². The molecular weight excluding hydrogens is 261 g/mol. The van der Waals surface area contributed by atoms with Crippen LogP contribution in [0.3, 0.4) is 0 Å². The van der Waals surface area contributed by atoms with E-state index in [9.17, 15) is 18.3 Å². The van der Waals surface area contributed by atoms with Crippen LogP contribution >= 0.6 is 0 Å². The zero-order valence-corrected chi connectivity index (χ0v) is 9.78. The average molecular weight is 272 g/mol. The van der Waals surface area contributed by atoms with E-state index < -0.39 is 19.6 Å². The van der Waals surface area contributed by atoms with Crippen molar-refractivity contribution < 1.29 is 27.8 Å². The number of hydrogen-bond donors (Lipinski definition) is 1. The highest BCUT2D eigenvalue weighted by Crippen LogP contribution is 2.24. The Hall–Kier alpha value is -1.95. The van der Waals surface area contributed by atoms with E-state index in [1.54, 1.807) is 36.4 Å². The lowest BCUT2D eigenvalue weighted by Crippen LogP contribution is -2.19. The summed E-state index contributed by atoms with van der Waals surface area (Å²) in [5, 5.41) is 11.0. The summed E-state index contributed by atoms with van der Waals surface area (Å²) in [5.41, 5.74) is 0. The first-order chi connectivity index (χ1) is 8.94. The summed E-state index contributed by atoms with van der Waals surface area (Å²) in [4.78, 5) is 0. The number of benzene rings is 2. The normalized spacial score (nSPS) is 11.7. The van der Waals surface area contributed by atoms with Crippen molar-refractivity contribution >= 4 is 10.8 Å². The van der Waals surface area contributed by atoms with E-state index in [1.165, 1.54) is 0 Å². The molecule has 0 amide bonds. The van der Waals surface area contributed by atoms with Crippen LogP contribution in [0.4, 0.5) is 13.2 Å². The predicted molar refractivity (Wildman–Crippen MR) is 63.1 cm³/mol. The summed E-state index contributed by atoms with van der Waals surface area (Å²) < 4.78 is 44.9. The summed E-state index contributed by atoms with van der Waals surface area (Å²) in [7, 11) is 0. The predicted octanol–water partition coefficient (Wildman–Crippen LogP) is 3.46. The molecule has 0 spiro atoms. The molecule has 2 aromatic rings. The maximum Gasteiger partial charge on any atom is 0.411 e. The minimum atomic E-state index is -4.36. The quantitative estimate of drug-likeness (QED) is 0.684. The summed E-state index contributed by atoms with van der Waals surface area (Å²) in [6.07, 6.45) is -4.36. The minimum Gasteiger partial charge on any atom is -0.508 e. The Kier molecular flexibility index (Phi) is 3.80. The van der Waals surface area contributed by atoms with Gasteiger partial charge in [0.15, 0.2) is 6.79 Å². The van der Waals surface area contributed by atoms with Crippen LogP contribution < -0.4 is 4.74 Å². The third-order valence-corrected chi connectivity index (χ3v) is 2.37. The fourth-order valence-electron chi connectivity index (χ4n) is 1.57. The van der Waals surface area contributed by atoms with E-state index in [1.807, 2.05) is 0 Å². The highest BCUT2D eigenvalue weighted by atomic mass is 19.4. The van der Waals surface area contributed by atoms with Crippen molar-refractivity contribution in [1.29, 1.82) is 0 Å². The number of phenols is 1. The van der Waals surface area contributed by atoms with Gasteiger partial charge in [-0.25, -0.2) is 0 Å². The molecule has 0 radical (unpaired) electrons. The van der Waals surface area contributed by atoms with Gasteiger partial charge in [-0.05, 0) is 35.0 Å². The molecule has 2 rings (SSSR count). The monoisotopic (exact) mass is 272 g/mol. The van der Waals surface area contributed by atoms with Crippen LogP contribution in [-0.4, -0.2) is 24.7 Å². The van der Waals surface area contributed by atoms with Crippen molar-refractivity contribution in [3.05, 3.63) is 36.4 Å². The zero-order valence-electron chi connectivity index (χ0n) is 9.78. The number of phenolic OH excluding ortho intramolecular Hbond substituents is 1. The van der Waals surface area contributed by atoms with Crippen LogP contribution in [0.2, 0.25) is 0 Å². The van der Waals surface area contributed by atoms with Crippen LogP contribution in [0, 0.1) is 0 Å². The third-order valence-electron chi connectivity index (χ3n) is 2.37. The smallest absolute Gasteiger partial charge is 0.411 e. The summed E-state index contributed by atoms with van der Waals surface area (Å²) in [5.74, 6) is 0.484. The Labute approximate surface area is 107 Å². The summed E-state index contributed by atoms with van der Waals surface area (Å²) in [6, 6.07) is 9.80. The van der Waals surface area contributed by atoms with E-state index in [-0.39, 0.29) is 5.75 Å². The second kappa shape index (κ2) is 5.36. The second-order valence-corrected chi connectivity index (χ2v) is 3.92. The molecule has 0 aliphatic rings. The number of rotatable bonds is 4. The van der Waals surface area contributed by atoms with Gasteiger partial charge in [0.2, 0.25) is 0 Å². The molecule has 0 atom stereocenters. The molecule has 6 heteroatoms. The zero-order chi connectivity index (χ0) is 13.9. The average Bonchev–Trinajstić information content (AvgIpc) is 2.33. The van der Waals surface area contributed by atoms with Crippen molar-refractivity contribution in [3.8, 4) is 11.5 Å². The molecular formula is C13H11F3O3. The van der Waals surface area contributed by atoms with E-state index in [0.717, 1.165) is 10.8 Å². The van der Waals surface area contributed by atoms with E-state index >= 15 is 0 Å². The molecule has 0 heterocycles. The van der Waals surface area contributed by atoms with Crippen molar-refractivity contribution in [2.75, 3.05) is 13.4 Å². The Morgan fingerprint density at radius 2 is 1.74 bits per heavy atom. The van der Waals surface area contributed by atoms with Crippen molar-refractivity contribution in [2.45, 2.75) is 6.18 Å². The molecule has 102 valence electrons. The Morgan fingerprint density at radius 1 is 1.00 bits per heavy atom. The Morgan fingerprint density at radius 3 is 2.47 bits per heavy atom. The van der Waals surface area contributed by atoms with Crippen molar-refractivity contribution in [2.24, 2.45) is 0 Å². The second-order valence-electron chi connectivity index (χ2n) is 3.92. The van der Waals surface area contributed by atoms with Gasteiger partial charge in [-0.1, -0.05) is 12.1 Å². The lowest BCUT2D eigenvalue weighted by molar-refractivity contribution is -0.186. The number of fused-ring (bicyclic) bond motifs is 1. The standard InChI is InChI=1S/C13H11F3O3/c14-13(15,16)7-18-8-19-12-4-2-9-1-3-11(17)5-10(9)6-12/h1-6,17H,7-8H2. The first kappa shape index (κ1) is 13.5. The van der Waals surface area contributed by atoms with Gasteiger partial charge in [0.25, 0.3) is 0 Å². The Bertz CT molecular complexity index is 567. The molecule has 0 saturated heterocycles. The molecule has 0 unspecified atom stereocenters. The minimum absolute atomic E-state index is 0.109. The number of ether oxygens (including phenoxy) is 2. The summed E-state index contributed by atoms with van der Waals surface area (Å²) in [6.45, 7) is -1.83. The Balaban J connectivity index is 1.97.